The van der Waals surface area contributed by atoms with Crippen LogP contribution >= 0.6 is 23.4 Å². The lowest BCUT2D eigenvalue weighted by Gasteiger charge is -2.28. The summed E-state index contributed by atoms with van der Waals surface area (Å²) in [5.74, 6) is 1.20. The van der Waals surface area contributed by atoms with Gasteiger partial charge in [-0.25, -0.2) is 0 Å². The molecule has 0 unspecified atom stereocenters. The Morgan fingerprint density at radius 2 is 1.86 bits per heavy atom. The van der Waals surface area contributed by atoms with Gasteiger partial charge in [0, 0.05) is 30.1 Å². The van der Waals surface area contributed by atoms with Crippen LogP contribution in [0.3, 0.4) is 0 Å². The van der Waals surface area contributed by atoms with Crippen molar-refractivity contribution in [1.29, 1.82) is 5.26 Å². The van der Waals surface area contributed by atoms with E-state index in [4.69, 9.17) is 16.3 Å². The van der Waals surface area contributed by atoms with E-state index in [0.717, 1.165) is 22.0 Å². The number of aromatic nitrogens is 3. The van der Waals surface area contributed by atoms with Crippen molar-refractivity contribution in [2.45, 2.75) is 0 Å². The first-order valence-electron chi connectivity index (χ1n) is 11.2. The fraction of sp³-hybridized carbons (Fsp3) is 0.192. The van der Waals surface area contributed by atoms with Crippen LogP contribution in [0.1, 0.15) is 11.4 Å². The molecule has 3 heterocycles. The number of thioether (sulfide) groups is 1. The van der Waals surface area contributed by atoms with E-state index in [1.165, 1.54) is 11.8 Å². The molecule has 0 bridgehead atoms. The van der Waals surface area contributed by atoms with Gasteiger partial charge in [-0.2, -0.15) is 5.26 Å². The predicted octanol–water partition coefficient (Wildman–Crippen LogP) is 5.18. The highest BCUT2D eigenvalue weighted by atomic mass is 35.5. The molecule has 5 rings (SSSR count). The summed E-state index contributed by atoms with van der Waals surface area (Å²) < 4.78 is 7.49. The van der Waals surface area contributed by atoms with Gasteiger partial charge in [0.15, 0.2) is 5.82 Å². The molecule has 2 aliphatic rings. The molecule has 0 atom stereocenters. The summed E-state index contributed by atoms with van der Waals surface area (Å²) >= 11 is 7.60. The maximum atomic E-state index is 10.4. The van der Waals surface area contributed by atoms with E-state index in [1.807, 2.05) is 70.6 Å². The summed E-state index contributed by atoms with van der Waals surface area (Å²) in [6.07, 6.45) is 1.83. The zero-order valence-electron chi connectivity index (χ0n) is 19.0. The molecule has 7 nitrogen and oxygen atoms in total. The summed E-state index contributed by atoms with van der Waals surface area (Å²) in [6.45, 7) is 7.15. The minimum absolute atomic E-state index is 0.452. The second-order valence-electron chi connectivity index (χ2n) is 7.91. The number of hydrogen-bond donors (Lipinski definition) is 0. The first-order valence-corrected chi connectivity index (χ1v) is 12.5. The van der Waals surface area contributed by atoms with Gasteiger partial charge in [-0.1, -0.05) is 59.8 Å². The molecule has 9 heteroatoms. The Balaban J connectivity index is 1.63. The second kappa shape index (κ2) is 10.4. The first kappa shape index (κ1) is 23.2. The van der Waals surface area contributed by atoms with Crippen LogP contribution in [0.2, 0.25) is 5.02 Å². The third-order valence-corrected chi connectivity index (χ3v) is 7.01. The van der Waals surface area contributed by atoms with E-state index in [2.05, 4.69) is 32.6 Å². The van der Waals surface area contributed by atoms with Gasteiger partial charge in [-0.05, 0) is 29.8 Å². The Kier molecular flexibility index (Phi) is 6.91. The van der Waals surface area contributed by atoms with Gasteiger partial charge < -0.3 is 14.5 Å². The van der Waals surface area contributed by atoms with Crippen molar-refractivity contribution in [1.82, 2.24) is 19.7 Å². The molecular formula is C26H23ClN6OS. The molecule has 1 saturated heterocycles. The van der Waals surface area contributed by atoms with E-state index < -0.39 is 0 Å². The number of nitriles is 1. The normalized spacial score (nSPS) is 17.2. The molecule has 2 aliphatic heterocycles. The molecule has 2 aromatic carbocycles. The zero-order valence-corrected chi connectivity index (χ0v) is 20.5. The Morgan fingerprint density at radius 3 is 2.54 bits per heavy atom. The standard InChI is InChI=1S/C26H23ClN6OS/c1-2-12-32-23(19-8-10-20(27)11-9-19)18-35-25(32)22(17-28)24-29-30-26(31-13-15-34-16-14-31)33(24)21-6-4-3-5-7-21/h2-11,18H,1,12-16H2. The van der Waals surface area contributed by atoms with Crippen molar-refractivity contribution in [2.75, 3.05) is 37.7 Å². The number of benzene rings is 2. The Hall–Kier alpha value is -3.51. The summed E-state index contributed by atoms with van der Waals surface area (Å²) in [7, 11) is 0. The number of rotatable bonds is 6. The Bertz CT molecular complexity index is 1320. The molecule has 0 amide bonds. The van der Waals surface area contributed by atoms with E-state index in [-0.39, 0.29) is 0 Å². The van der Waals surface area contributed by atoms with Gasteiger partial charge in [-0.15, -0.1) is 16.8 Å². The Labute approximate surface area is 213 Å². The number of anilines is 1. The number of ether oxygens (including phenoxy) is 1. The van der Waals surface area contributed by atoms with Gasteiger partial charge in [0.1, 0.15) is 16.7 Å². The first-order chi connectivity index (χ1) is 17.2. The van der Waals surface area contributed by atoms with Gasteiger partial charge in [0.2, 0.25) is 5.95 Å². The number of halogens is 1. The maximum Gasteiger partial charge on any atom is 0.232 e. The maximum absolute atomic E-state index is 10.4. The minimum Gasteiger partial charge on any atom is -0.378 e. The highest BCUT2D eigenvalue weighted by Crippen LogP contribution is 2.43. The van der Waals surface area contributed by atoms with Gasteiger partial charge >= 0.3 is 0 Å². The fourth-order valence-corrected chi connectivity index (χ4v) is 5.28. The molecule has 35 heavy (non-hydrogen) atoms. The van der Waals surface area contributed by atoms with Crippen LogP contribution in [-0.4, -0.2) is 52.5 Å². The van der Waals surface area contributed by atoms with Crippen molar-refractivity contribution >= 4 is 40.6 Å². The molecule has 3 aromatic rings. The van der Waals surface area contributed by atoms with Crippen molar-refractivity contribution < 1.29 is 4.74 Å². The van der Waals surface area contributed by atoms with Gasteiger partial charge in [0.05, 0.1) is 24.6 Å². The lowest BCUT2D eigenvalue weighted by atomic mass is 10.1. The SMILES string of the molecule is C=CCN1C(c2ccc(Cl)cc2)=CSC1=C(C#N)c1nnc(N2CCOCC2)n1-c1ccccc1. The highest BCUT2D eigenvalue weighted by molar-refractivity contribution is 8.06. The van der Waals surface area contributed by atoms with Gasteiger partial charge in [-0.3, -0.25) is 4.57 Å². The number of hydrogen-bond acceptors (Lipinski definition) is 7. The minimum atomic E-state index is 0.452. The lowest BCUT2D eigenvalue weighted by molar-refractivity contribution is 0.122. The number of allylic oxidation sites excluding steroid dienone is 1. The third kappa shape index (κ3) is 4.58. The zero-order chi connectivity index (χ0) is 24.2. The summed E-state index contributed by atoms with van der Waals surface area (Å²) in [5.41, 5.74) is 3.34. The highest BCUT2D eigenvalue weighted by Gasteiger charge is 2.30. The van der Waals surface area contributed by atoms with E-state index >= 15 is 0 Å². The largest absolute Gasteiger partial charge is 0.378 e. The van der Waals surface area contributed by atoms with Crippen molar-refractivity contribution in [3.63, 3.8) is 0 Å². The molecule has 0 spiro atoms. The lowest BCUT2D eigenvalue weighted by Crippen LogP contribution is -2.38. The third-order valence-electron chi connectivity index (χ3n) is 5.77. The topological polar surface area (TPSA) is 70.2 Å². The van der Waals surface area contributed by atoms with Crippen molar-refractivity contribution in [3.05, 3.63) is 94.1 Å². The molecular weight excluding hydrogens is 480 g/mol. The van der Waals surface area contributed by atoms with E-state index in [0.29, 0.717) is 55.2 Å². The summed E-state index contributed by atoms with van der Waals surface area (Å²) in [5, 5.41) is 23.0. The molecule has 0 aliphatic carbocycles. The number of morpholine rings is 1. The second-order valence-corrected chi connectivity index (χ2v) is 9.21. The Morgan fingerprint density at radius 1 is 1.11 bits per heavy atom. The quantitative estimate of drug-likeness (QED) is 0.339. The molecule has 1 fully saturated rings. The molecule has 0 radical (unpaired) electrons. The fourth-order valence-electron chi connectivity index (χ4n) is 4.11. The van der Waals surface area contributed by atoms with E-state index in [1.54, 1.807) is 0 Å². The van der Waals surface area contributed by atoms with Crippen LogP contribution in [0, 0.1) is 11.3 Å². The average Bonchev–Trinajstić information content (AvgIpc) is 3.52. The smallest absolute Gasteiger partial charge is 0.232 e. The molecule has 176 valence electrons. The van der Waals surface area contributed by atoms with E-state index in [9.17, 15) is 5.26 Å². The van der Waals surface area contributed by atoms with Crippen LogP contribution < -0.4 is 4.90 Å². The van der Waals surface area contributed by atoms with Crippen LogP contribution in [0.15, 0.2) is 77.7 Å². The summed E-state index contributed by atoms with van der Waals surface area (Å²) in [4.78, 5) is 4.23. The van der Waals surface area contributed by atoms with Crippen LogP contribution in [-0.2, 0) is 4.74 Å². The molecule has 0 saturated carbocycles. The monoisotopic (exact) mass is 502 g/mol. The average molecular weight is 503 g/mol. The van der Waals surface area contributed by atoms with Gasteiger partial charge in [0.25, 0.3) is 0 Å². The number of para-hydroxylation sites is 1. The molecule has 1 aromatic heterocycles. The van der Waals surface area contributed by atoms with Crippen molar-refractivity contribution in [3.8, 4) is 11.8 Å². The predicted molar refractivity (Wildman–Crippen MR) is 141 cm³/mol. The number of nitrogens with zero attached hydrogens (tertiary/aromatic N) is 6. The van der Waals surface area contributed by atoms with Crippen LogP contribution in [0.5, 0.6) is 0 Å². The van der Waals surface area contributed by atoms with Crippen LogP contribution in [0.25, 0.3) is 17.0 Å². The van der Waals surface area contributed by atoms with Crippen LogP contribution in [0.4, 0.5) is 5.95 Å². The molecule has 0 N–H and O–H groups in total. The summed E-state index contributed by atoms with van der Waals surface area (Å²) in [6, 6.07) is 20.0. The van der Waals surface area contributed by atoms with Crippen molar-refractivity contribution in [2.24, 2.45) is 0 Å².